The Bertz CT molecular complexity index is 974. The van der Waals surface area contributed by atoms with Gasteiger partial charge in [0.15, 0.2) is 5.82 Å². The third-order valence-corrected chi connectivity index (χ3v) is 6.66. The van der Waals surface area contributed by atoms with E-state index in [2.05, 4.69) is 25.0 Å². The second kappa shape index (κ2) is 7.90. The number of rotatable bonds is 7. The fourth-order valence-corrected chi connectivity index (χ4v) is 4.35. The van der Waals surface area contributed by atoms with Gasteiger partial charge in [-0.25, -0.2) is 23.1 Å². The van der Waals surface area contributed by atoms with E-state index in [9.17, 15) is 8.42 Å². The Morgan fingerprint density at radius 3 is 2.54 bits per heavy atom. The summed E-state index contributed by atoms with van der Waals surface area (Å²) in [6, 6.07) is 7.00. The van der Waals surface area contributed by atoms with Gasteiger partial charge < -0.3 is 5.32 Å². The SMILES string of the molecule is Cc1nc(-c2ccncc2)nc(NCCNS(=O)(=O)c2cccs2)c1C. The van der Waals surface area contributed by atoms with E-state index in [4.69, 9.17) is 0 Å². The predicted octanol–water partition coefficient (Wildman–Crippen LogP) is 2.61. The van der Waals surface area contributed by atoms with E-state index in [0.717, 1.165) is 16.8 Å². The molecular weight excluding hydrogens is 370 g/mol. The lowest BCUT2D eigenvalue weighted by Crippen LogP contribution is -2.28. The Hall–Kier alpha value is -2.36. The molecule has 7 nitrogen and oxygen atoms in total. The third kappa shape index (κ3) is 4.24. The Labute approximate surface area is 156 Å². The number of nitrogens with zero attached hydrogens (tertiary/aromatic N) is 3. The minimum Gasteiger partial charge on any atom is -0.368 e. The molecule has 0 amide bonds. The van der Waals surface area contributed by atoms with Gasteiger partial charge in [0.25, 0.3) is 0 Å². The van der Waals surface area contributed by atoms with Gasteiger partial charge in [-0.1, -0.05) is 6.07 Å². The van der Waals surface area contributed by atoms with Gasteiger partial charge in [-0.05, 0) is 37.4 Å². The fourth-order valence-electron chi connectivity index (χ4n) is 2.28. The van der Waals surface area contributed by atoms with Crippen LogP contribution >= 0.6 is 11.3 Å². The molecule has 0 aromatic carbocycles. The first kappa shape index (κ1) is 18.4. The molecule has 0 unspecified atom stereocenters. The van der Waals surface area contributed by atoms with Crippen molar-refractivity contribution in [3.63, 3.8) is 0 Å². The van der Waals surface area contributed by atoms with Crippen molar-refractivity contribution in [3.05, 3.63) is 53.3 Å². The lowest BCUT2D eigenvalue weighted by molar-refractivity contribution is 0.585. The van der Waals surface area contributed by atoms with E-state index in [0.29, 0.717) is 22.4 Å². The predicted molar refractivity (Wildman–Crippen MR) is 103 cm³/mol. The zero-order valence-electron chi connectivity index (χ0n) is 14.4. The zero-order chi connectivity index (χ0) is 18.6. The van der Waals surface area contributed by atoms with Crippen molar-refractivity contribution in [1.82, 2.24) is 19.7 Å². The monoisotopic (exact) mass is 389 g/mol. The molecule has 2 N–H and O–H groups in total. The van der Waals surface area contributed by atoms with E-state index in [1.165, 1.54) is 11.3 Å². The van der Waals surface area contributed by atoms with Crippen molar-refractivity contribution >= 4 is 27.2 Å². The van der Waals surface area contributed by atoms with Gasteiger partial charge in [-0.2, -0.15) is 0 Å². The number of aryl methyl sites for hydroxylation is 1. The highest BCUT2D eigenvalue weighted by Crippen LogP contribution is 2.21. The van der Waals surface area contributed by atoms with E-state index in [1.807, 2.05) is 26.0 Å². The molecule has 0 radical (unpaired) electrons. The number of hydrogen-bond acceptors (Lipinski definition) is 7. The van der Waals surface area contributed by atoms with Crippen LogP contribution in [-0.4, -0.2) is 36.5 Å². The van der Waals surface area contributed by atoms with Crippen molar-refractivity contribution in [2.75, 3.05) is 18.4 Å². The Morgan fingerprint density at radius 2 is 1.85 bits per heavy atom. The first-order valence-electron chi connectivity index (χ1n) is 8.00. The van der Waals surface area contributed by atoms with Gasteiger partial charge in [0, 0.05) is 42.3 Å². The third-order valence-electron chi connectivity index (χ3n) is 3.80. The van der Waals surface area contributed by atoms with Crippen molar-refractivity contribution < 1.29 is 8.42 Å². The van der Waals surface area contributed by atoms with Crippen LogP contribution in [0.2, 0.25) is 0 Å². The summed E-state index contributed by atoms with van der Waals surface area (Å²) >= 11 is 1.19. The van der Waals surface area contributed by atoms with Crippen LogP contribution in [0.15, 0.2) is 46.2 Å². The molecule has 3 rings (SSSR count). The highest BCUT2D eigenvalue weighted by Gasteiger charge is 2.14. The maximum Gasteiger partial charge on any atom is 0.250 e. The number of pyridine rings is 1. The van der Waals surface area contributed by atoms with Gasteiger partial charge in [0.1, 0.15) is 10.0 Å². The second-order valence-electron chi connectivity index (χ2n) is 5.60. The van der Waals surface area contributed by atoms with Gasteiger partial charge in [0.2, 0.25) is 10.0 Å². The number of anilines is 1. The average Bonchev–Trinajstić information content (AvgIpc) is 3.18. The summed E-state index contributed by atoms with van der Waals surface area (Å²) in [5, 5.41) is 4.93. The number of sulfonamides is 1. The molecule has 26 heavy (non-hydrogen) atoms. The van der Waals surface area contributed by atoms with Crippen LogP contribution in [-0.2, 0) is 10.0 Å². The normalized spacial score (nSPS) is 11.5. The highest BCUT2D eigenvalue weighted by molar-refractivity contribution is 7.91. The summed E-state index contributed by atoms with van der Waals surface area (Å²) in [7, 11) is -3.45. The topological polar surface area (TPSA) is 96.9 Å². The van der Waals surface area contributed by atoms with E-state index in [1.54, 1.807) is 29.9 Å². The van der Waals surface area contributed by atoms with Gasteiger partial charge in [-0.15, -0.1) is 11.3 Å². The van der Waals surface area contributed by atoms with E-state index >= 15 is 0 Å². The number of aromatic nitrogens is 3. The Balaban J connectivity index is 1.67. The highest BCUT2D eigenvalue weighted by atomic mass is 32.2. The number of thiophene rings is 1. The molecule has 0 aliphatic rings. The van der Waals surface area contributed by atoms with Crippen molar-refractivity contribution in [2.24, 2.45) is 0 Å². The number of hydrogen-bond donors (Lipinski definition) is 2. The molecule has 3 heterocycles. The average molecular weight is 390 g/mol. The molecule has 0 aliphatic heterocycles. The van der Waals surface area contributed by atoms with Crippen molar-refractivity contribution in [1.29, 1.82) is 0 Å². The molecule has 3 aromatic heterocycles. The minimum atomic E-state index is -3.45. The van der Waals surface area contributed by atoms with Crippen LogP contribution in [0.1, 0.15) is 11.3 Å². The van der Waals surface area contributed by atoms with Crippen LogP contribution in [0.5, 0.6) is 0 Å². The Morgan fingerprint density at radius 1 is 1.08 bits per heavy atom. The molecule has 0 bridgehead atoms. The summed E-state index contributed by atoms with van der Waals surface area (Å²) in [5.41, 5.74) is 2.68. The van der Waals surface area contributed by atoms with Crippen LogP contribution in [0.3, 0.4) is 0 Å². The number of nitrogens with one attached hydrogen (secondary N) is 2. The first-order chi connectivity index (χ1) is 12.5. The summed E-state index contributed by atoms with van der Waals surface area (Å²) in [6.45, 7) is 4.53. The summed E-state index contributed by atoms with van der Waals surface area (Å²) in [4.78, 5) is 13.1. The van der Waals surface area contributed by atoms with Crippen LogP contribution in [0.25, 0.3) is 11.4 Å². The van der Waals surface area contributed by atoms with Crippen molar-refractivity contribution in [2.45, 2.75) is 18.1 Å². The van der Waals surface area contributed by atoms with Gasteiger partial charge in [0.05, 0.1) is 0 Å². The molecule has 0 saturated heterocycles. The first-order valence-corrected chi connectivity index (χ1v) is 10.4. The molecule has 0 atom stereocenters. The smallest absolute Gasteiger partial charge is 0.250 e. The van der Waals surface area contributed by atoms with Gasteiger partial charge >= 0.3 is 0 Å². The fraction of sp³-hybridized carbons (Fsp3) is 0.235. The van der Waals surface area contributed by atoms with E-state index < -0.39 is 10.0 Å². The standard InChI is InChI=1S/C17H19N5O2S2/c1-12-13(2)21-17(14-5-7-18-8-6-14)22-16(12)19-9-10-20-26(23,24)15-4-3-11-25-15/h3-8,11,20H,9-10H2,1-2H3,(H,19,21,22). The molecule has 0 spiro atoms. The molecule has 0 aliphatic carbocycles. The maximum absolute atomic E-state index is 12.1. The summed E-state index contributed by atoms with van der Waals surface area (Å²) in [6.07, 6.45) is 3.39. The van der Waals surface area contributed by atoms with Crippen LogP contribution in [0, 0.1) is 13.8 Å². The lowest BCUT2D eigenvalue weighted by atomic mass is 10.2. The Kier molecular flexibility index (Phi) is 5.60. The minimum absolute atomic E-state index is 0.257. The van der Waals surface area contributed by atoms with Gasteiger partial charge in [-0.3, -0.25) is 4.98 Å². The van der Waals surface area contributed by atoms with Crippen LogP contribution < -0.4 is 10.0 Å². The molecule has 0 fully saturated rings. The van der Waals surface area contributed by atoms with Crippen LogP contribution in [0.4, 0.5) is 5.82 Å². The molecule has 9 heteroatoms. The molecule has 0 saturated carbocycles. The molecular formula is C17H19N5O2S2. The molecule has 3 aromatic rings. The quantitative estimate of drug-likeness (QED) is 0.603. The maximum atomic E-state index is 12.1. The second-order valence-corrected chi connectivity index (χ2v) is 8.54. The van der Waals surface area contributed by atoms with Crippen molar-refractivity contribution in [3.8, 4) is 11.4 Å². The lowest BCUT2D eigenvalue weighted by Gasteiger charge is -2.12. The molecule has 136 valence electrons. The largest absolute Gasteiger partial charge is 0.368 e. The van der Waals surface area contributed by atoms with E-state index in [-0.39, 0.29) is 6.54 Å². The zero-order valence-corrected chi connectivity index (χ0v) is 16.1. The summed E-state index contributed by atoms with van der Waals surface area (Å²) in [5.74, 6) is 1.30. The summed E-state index contributed by atoms with van der Waals surface area (Å²) < 4.78 is 27.1.